The van der Waals surface area contributed by atoms with Crippen molar-refractivity contribution >= 4 is 79.8 Å². The first-order valence-corrected chi connectivity index (χ1v) is 11.0. The standard InChI is InChI=1S/C19H16I2N2O2S/c1-2-8-23-18(25)16(11-12-9-14(20)17(24)15(21)10-12)26-19(23)22-13-6-4-3-5-7-13/h3-7,9-11,24H,2,8H2,1H3/b16-11+,22-19?. The molecule has 134 valence electrons. The van der Waals surface area contributed by atoms with Crippen LogP contribution in [-0.2, 0) is 4.79 Å². The van der Waals surface area contributed by atoms with Crippen molar-refractivity contribution in [2.45, 2.75) is 13.3 Å². The summed E-state index contributed by atoms with van der Waals surface area (Å²) in [6.45, 7) is 2.68. The number of carbonyl (C=O) groups is 1. The van der Waals surface area contributed by atoms with Crippen LogP contribution in [0.1, 0.15) is 18.9 Å². The summed E-state index contributed by atoms with van der Waals surface area (Å²) >= 11 is 5.58. The van der Waals surface area contributed by atoms with E-state index in [0.29, 0.717) is 16.6 Å². The summed E-state index contributed by atoms with van der Waals surface area (Å²) in [5.41, 5.74) is 1.73. The molecule has 1 heterocycles. The van der Waals surface area contributed by atoms with E-state index in [1.807, 2.05) is 55.5 Å². The Balaban J connectivity index is 1.97. The molecule has 7 heteroatoms. The zero-order valence-electron chi connectivity index (χ0n) is 13.9. The highest BCUT2D eigenvalue weighted by Gasteiger charge is 2.32. The van der Waals surface area contributed by atoms with Gasteiger partial charge in [0, 0.05) is 6.54 Å². The fourth-order valence-electron chi connectivity index (χ4n) is 2.44. The molecule has 26 heavy (non-hydrogen) atoms. The van der Waals surface area contributed by atoms with Crippen LogP contribution >= 0.6 is 56.9 Å². The molecule has 1 saturated heterocycles. The molecule has 0 saturated carbocycles. The molecule has 0 aromatic heterocycles. The monoisotopic (exact) mass is 590 g/mol. The van der Waals surface area contributed by atoms with Gasteiger partial charge in [-0.1, -0.05) is 25.1 Å². The molecule has 0 radical (unpaired) electrons. The zero-order chi connectivity index (χ0) is 18.7. The fourth-order valence-corrected chi connectivity index (χ4v) is 5.29. The van der Waals surface area contributed by atoms with Gasteiger partial charge in [0.25, 0.3) is 5.91 Å². The van der Waals surface area contributed by atoms with Crippen molar-refractivity contribution in [1.29, 1.82) is 0 Å². The summed E-state index contributed by atoms with van der Waals surface area (Å²) in [4.78, 5) is 19.9. The Morgan fingerprint density at radius 1 is 1.19 bits per heavy atom. The number of aromatic hydroxyl groups is 1. The summed E-state index contributed by atoms with van der Waals surface area (Å²) in [7, 11) is 0. The van der Waals surface area contributed by atoms with Crippen LogP contribution in [0.25, 0.3) is 6.08 Å². The Labute approximate surface area is 184 Å². The Morgan fingerprint density at radius 2 is 1.85 bits per heavy atom. The van der Waals surface area contributed by atoms with Crippen LogP contribution in [0.2, 0.25) is 0 Å². The van der Waals surface area contributed by atoms with Crippen molar-refractivity contribution in [1.82, 2.24) is 4.90 Å². The first-order valence-electron chi connectivity index (χ1n) is 8.02. The number of phenols is 1. The van der Waals surface area contributed by atoms with Crippen molar-refractivity contribution < 1.29 is 9.90 Å². The number of benzene rings is 2. The van der Waals surface area contributed by atoms with E-state index in [1.54, 1.807) is 4.90 Å². The predicted octanol–water partition coefficient (Wildman–Crippen LogP) is 5.62. The van der Waals surface area contributed by atoms with E-state index >= 15 is 0 Å². The minimum atomic E-state index is -0.0235. The number of hydrogen-bond donors (Lipinski definition) is 1. The summed E-state index contributed by atoms with van der Waals surface area (Å²) in [6.07, 6.45) is 2.73. The summed E-state index contributed by atoms with van der Waals surface area (Å²) in [6, 6.07) is 13.4. The Kier molecular flexibility index (Phi) is 6.62. The quantitative estimate of drug-likeness (QED) is 0.372. The molecule has 1 amide bonds. The number of amidine groups is 1. The molecule has 0 aliphatic carbocycles. The van der Waals surface area contributed by atoms with E-state index < -0.39 is 0 Å². The number of aliphatic imine (C=N–C) groups is 1. The second kappa shape index (κ2) is 8.75. The third-order valence-corrected chi connectivity index (χ3v) is 6.30. The van der Waals surface area contributed by atoms with Gasteiger partial charge in [-0.15, -0.1) is 0 Å². The second-order valence-corrected chi connectivity index (χ2v) is 8.96. The number of rotatable bonds is 4. The van der Waals surface area contributed by atoms with E-state index in [0.717, 1.165) is 24.8 Å². The van der Waals surface area contributed by atoms with E-state index in [4.69, 9.17) is 0 Å². The van der Waals surface area contributed by atoms with Crippen LogP contribution in [0.5, 0.6) is 5.75 Å². The molecule has 1 aliphatic heterocycles. The van der Waals surface area contributed by atoms with Crippen molar-refractivity contribution in [3.05, 3.63) is 60.1 Å². The van der Waals surface area contributed by atoms with E-state index in [1.165, 1.54) is 11.8 Å². The van der Waals surface area contributed by atoms with E-state index in [-0.39, 0.29) is 11.7 Å². The molecular formula is C19H16I2N2O2S. The molecule has 4 nitrogen and oxygen atoms in total. The molecule has 0 bridgehead atoms. The van der Waals surface area contributed by atoms with Crippen LogP contribution in [0.15, 0.2) is 52.4 Å². The average molecular weight is 590 g/mol. The van der Waals surface area contributed by atoms with Gasteiger partial charge in [0.05, 0.1) is 17.7 Å². The number of amides is 1. The van der Waals surface area contributed by atoms with Gasteiger partial charge < -0.3 is 5.11 Å². The maximum atomic E-state index is 12.8. The number of hydrogen-bond acceptors (Lipinski definition) is 4. The molecule has 0 atom stereocenters. The van der Waals surface area contributed by atoms with Gasteiger partial charge in [-0.2, -0.15) is 0 Å². The highest BCUT2D eigenvalue weighted by atomic mass is 127. The lowest BCUT2D eigenvalue weighted by atomic mass is 10.2. The number of para-hydroxylation sites is 1. The fraction of sp³-hybridized carbons (Fsp3) is 0.158. The van der Waals surface area contributed by atoms with Crippen LogP contribution in [0, 0.1) is 7.14 Å². The molecular weight excluding hydrogens is 574 g/mol. The molecule has 1 N–H and O–H groups in total. The highest BCUT2D eigenvalue weighted by molar-refractivity contribution is 14.1. The van der Waals surface area contributed by atoms with Gasteiger partial charge in [0.2, 0.25) is 0 Å². The van der Waals surface area contributed by atoms with Crippen molar-refractivity contribution in [2.75, 3.05) is 6.54 Å². The average Bonchev–Trinajstić information content (AvgIpc) is 2.90. The van der Waals surface area contributed by atoms with E-state index in [2.05, 4.69) is 50.2 Å². The summed E-state index contributed by atoms with van der Waals surface area (Å²) in [5, 5.41) is 10.6. The lowest BCUT2D eigenvalue weighted by Crippen LogP contribution is -2.29. The van der Waals surface area contributed by atoms with Gasteiger partial charge in [-0.25, -0.2) is 4.99 Å². The number of nitrogens with zero attached hydrogens (tertiary/aromatic N) is 2. The van der Waals surface area contributed by atoms with Crippen LogP contribution in [0.3, 0.4) is 0 Å². The summed E-state index contributed by atoms with van der Waals surface area (Å²) < 4.78 is 1.53. The van der Waals surface area contributed by atoms with Crippen molar-refractivity contribution in [2.24, 2.45) is 4.99 Å². The van der Waals surface area contributed by atoms with Gasteiger partial charge in [0.15, 0.2) is 5.17 Å². The van der Waals surface area contributed by atoms with Crippen molar-refractivity contribution in [3.63, 3.8) is 0 Å². The first-order chi connectivity index (χ1) is 12.5. The smallest absolute Gasteiger partial charge is 0.266 e. The minimum Gasteiger partial charge on any atom is -0.506 e. The maximum absolute atomic E-state index is 12.8. The second-order valence-electron chi connectivity index (χ2n) is 5.63. The van der Waals surface area contributed by atoms with Gasteiger partial charge in [0.1, 0.15) is 5.75 Å². The molecule has 0 unspecified atom stereocenters. The van der Waals surface area contributed by atoms with Crippen molar-refractivity contribution in [3.8, 4) is 5.75 Å². The molecule has 1 fully saturated rings. The van der Waals surface area contributed by atoms with Gasteiger partial charge in [-0.3, -0.25) is 9.69 Å². The highest BCUT2D eigenvalue weighted by Crippen LogP contribution is 2.35. The number of halogens is 2. The zero-order valence-corrected chi connectivity index (χ0v) is 19.1. The van der Waals surface area contributed by atoms with E-state index in [9.17, 15) is 9.90 Å². The molecule has 2 aromatic rings. The molecule has 2 aromatic carbocycles. The molecule has 3 rings (SSSR count). The minimum absolute atomic E-state index is 0.0235. The largest absolute Gasteiger partial charge is 0.506 e. The lowest BCUT2D eigenvalue weighted by molar-refractivity contribution is -0.122. The van der Waals surface area contributed by atoms with Gasteiger partial charge >= 0.3 is 0 Å². The normalized spacial score (nSPS) is 17.5. The van der Waals surface area contributed by atoms with Crippen LogP contribution in [-0.4, -0.2) is 27.6 Å². The summed E-state index contributed by atoms with van der Waals surface area (Å²) in [5.74, 6) is 0.252. The van der Waals surface area contributed by atoms with Gasteiger partial charge in [-0.05, 0) is 99.3 Å². The Bertz CT molecular complexity index is 875. The predicted molar refractivity (Wildman–Crippen MR) is 125 cm³/mol. The Hall–Kier alpha value is -1.07. The molecule has 0 spiro atoms. The van der Waals surface area contributed by atoms with Crippen LogP contribution in [0.4, 0.5) is 5.69 Å². The number of carbonyl (C=O) groups excluding carboxylic acids is 1. The number of phenolic OH excluding ortho intramolecular Hbond substituents is 1. The third kappa shape index (κ3) is 4.42. The lowest BCUT2D eigenvalue weighted by Gasteiger charge is -2.13. The third-order valence-electron chi connectivity index (χ3n) is 3.65. The van der Waals surface area contributed by atoms with Crippen LogP contribution < -0.4 is 0 Å². The SMILES string of the molecule is CCCN1C(=O)/C(=C\c2cc(I)c(O)c(I)c2)SC1=Nc1ccccc1. The Morgan fingerprint density at radius 3 is 2.46 bits per heavy atom. The first kappa shape index (κ1) is 19.7. The molecule has 1 aliphatic rings. The maximum Gasteiger partial charge on any atom is 0.266 e. The number of thioether (sulfide) groups is 1. The topological polar surface area (TPSA) is 52.9 Å².